The van der Waals surface area contributed by atoms with Crippen LogP contribution in [0.3, 0.4) is 0 Å². The van der Waals surface area contributed by atoms with Crippen LogP contribution in [0.5, 0.6) is 5.75 Å². The van der Waals surface area contributed by atoms with Crippen molar-refractivity contribution in [1.29, 1.82) is 0 Å². The molecule has 3 nitrogen and oxygen atoms in total. The molecular formula is C15H10INO2S2. The lowest BCUT2D eigenvalue weighted by molar-refractivity contribution is -0.133. The van der Waals surface area contributed by atoms with Gasteiger partial charge in [-0.15, -0.1) is 22.7 Å². The Hall–Kier alpha value is -1.25. The van der Waals surface area contributed by atoms with Gasteiger partial charge in [0.15, 0.2) is 0 Å². The number of hydrogen-bond donors (Lipinski definition) is 0. The van der Waals surface area contributed by atoms with Gasteiger partial charge in [-0.1, -0.05) is 6.07 Å². The lowest BCUT2D eigenvalue weighted by Gasteiger charge is -2.02. The molecule has 0 bridgehead atoms. The van der Waals surface area contributed by atoms with Gasteiger partial charge in [0.25, 0.3) is 0 Å². The number of thiazole rings is 1. The van der Waals surface area contributed by atoms with Crippen LogP contribution in [0.2, 0.25) is 0 Å². The molecule has 106 valence electrons. The van der Waals surface area contributed by atoms with Crippen LogP contribution in [0.15, 0.2) is 47.2 Å². The highest BCUT2D eigenvalue weighted by molar-refractivity contribution is 14.1. The van der Waals surface area contributed by atoms with Crippen LogP contribution in [0, 0.1) is 3.57 Å². The zero-order valence-electron chi connectivity index (χ0n) is 10.8. The summed E-state index contributed by atoms with van der Waals surface area (Å²) in [6.45, 7) is 0. The summed E-state index contributed by atoms with van der Waals surface area (Å²) in [5, 5.41) is 4.87. The van der Waals surface area contributed by atoms with Crippen LogP contribution < -0.4 is 4.74 Å². The number of benzene rings is 1. The first-order valence-corrected chi connectivity index (χ1v) is 8.99. The van der Waals surface area contributed by atoms with Gasteiger partial charge >= 0.3 is 5.97 Å². The molecule has 2 aromatic heterocycles. The van der Waals surface area contributed by atoms with E-state index in [1.807, 2.05) is 35.0 Å². The second kappa shape index (κ2) is 6.67. The number of thiophene rings is 1. The van der Waals surface area contributed by atoms with Crippen LogP contribution in [0.1, 0.15) is 5.69 Å². The highest BCUT2D eigenvalue weighted by Gasteiger charge is 2.11. The van der Waals surface area contributed by atoms with E-state index in [1.54, 1.807) is 34.8 Å². The molecule has 2 heterocycles. The van der Waals surface area contributed by atoms with E-state index in [0.717, 1.165) is 19.1 Å². The minimum Gasteiger partial charge on any atom is -0.426 e. The van der Waals surface area contributed by atoms with E-state index < -0.39 is 0 Å². The molecule has 3 rings (SSSR count). The molecule has 1 aromatic carbocycles. The number of rotatable bonds is 4. The second-order valence-corrected chi connectivity index (χ2v) is 7.28. The summed E-state index contributed by atoms with van der Waals surface area (Å²) in [4.78, 5) is 17.5. The first-order valence-electron chi connectivity index (χ1n) is 6.15. The number of ether oxygens (including phenoxy) is 1. The van der Waals surface area contributed by atoms with Crippen LogP contribution in [0.4, 0.5) is 0 Å². The van der Waals surface area contributed by atoms with Crippen LogP contribution in [-0.2, 0) is 11.2 Å². The standard InChI is InChI=1S/C15H10INO2S2/c16-10-3-5-12(6-4-10)19-14(18)8-11-9-21-15(17-11)13-2-1-7-20-13/h1-7,9H,8H2. The minimum atomic E-state index is -0.292. The number of carbonyl (C=O) groups is 1. The Bertz CT molecular complexity index is 735. The number of esters is 1. The molecule has 0 atom stereocenters. The molecule has 0 unspecified atom stereocenters. The van der Waals surface area contributed by atoms with E-state index in [4.69, 9.17) is 4.74 Å². The average molecular weight is 427 g/mol. The summed E-state index contributed by atoms with van der Waals surface area (Å²) >= 11 is 5.40. The fourth-order valence-electron chi connectivity index (χ4n) is 1.72. The highest BCUT2D eigenvalue weighted by atomic mass is 127. The van der Waals surface area contributed by atoms with Crippen molar-refractivity contribution in [2.24, 2.45) is 0 Å². The fraction of sp³-hybridized carbons (Fsp3) is 0.0667. The Morgan fingerprint density at radius 3 is 2.71 bits per heavy atom. The Morgan fingerprint density at radius 2 is 2.00 bits per heavy atom. The van der Waals surface area contributed by atoms with Gasteiger partial charge in [-0.05, 0) is 58.3 Å². The first kappa shape index (κ1) is 14.7. The molecule has 0 spiro atoms. The summed E-state index contributed by atoms with van der Waals surface area (Å²) < 4.78 is 6.40. The third-order valence-corrected chi connectivity index (χ3v) is 5.30. The van der Waals surface area contributed by atoms with E-state index in [1.165, 1.54) is 0 Å². The Kier molecular flexibility index (Phi) is 4.67. The Morgan fingerprint density at radius 1 is 1.19 bits per heavy atom. The highest BCUT2D eigenvalue weighted by Crippen LogP contribution is 2.28. The second-order valence-electron chi connectivity index (χ2n) is 4.23. The molecule has 6 heteroatoms. The molecule has 0 aliphatic rings. The summed E-state index contributed by atoms with van der Waals surface area (Å²) in [6, 6.07) is 11.4. The SMILES string of the molecule is O=C(Cc1csc(-c2cccs2)n1)Oc1ccc(I)cc1. The third-order valence-electron chi connectivity index (χ3n) is 2.65. The van der Waals surface area contributed by atoms with Gasteiger partial charge in [0.1, 0.15) is 10.8 Å². The van der Waals surface area contributed by atoms with Crippen LogP contribution in [-0.4, -0.2) is 11.0 Å². The molecule has 0 aliphatic heterocycles. The fourth-order valence-corrected chi connectivity index (χ4v) is 3.71. The summed E-state index contributed by atoms with van der Waals surface area (Å²) in [5.41, 5.74) is 0.749. The maximum Gasteiger partial charge on any atom is 0.317 e. The van der Waals surface area contributed by atoms with Crippen molar-refractivity contribution in [2.75, 3.05) is 0 Å². The van der Waals surface area contributed by atoms with Gasteiger partial charge in [0.2, 0.25) is 0 Å². The number of carbonyl (C=O) groups excluding carboxylic acids is 1. The molecule has 0 radical (unpaired) electrons. The van der Waals surface area contributed by atoms with Crippen LogP contribution >= 0.6 is 45.3 Å². The summed E-state index contributed by atoms with van der Waals surface area (Å²) in [6.07, 6.45) is 0.188. The topological polar surface area (TPSA) is 39.2 Å². The molecule has 0 amide bonds. The predicted molar refractivity (Wildman–Crippen MR) is 93.9 cm³/mol. The molecule has 21 heavy (non-hydrogen) atoms. The zero-order chi connectivity index (χ0) is 14.7. The molecule has 0 N–H and O–H groups in total. The molecule has 0 saturated carbocycles. The minimum absolute atomic E-state index is 0.188. The van der Waals surface area contributed by atoms with E-state index in [-0.39, 0.29) is 12.4 Å². The Labute approximate surface area is 143 Å². The largest absolute Gasteiger partial charge is 0.426 e. The molecule has 0 aliphatic carbocycles. The van der Waals surface area contributed by atoms with Crippen molar-refractivity contribution in [1.82, 2.24) is 4.98 Å². The summed E-state index contributed by atoms with van der Waals surface area (Å²) in [7, 11) is 0. The third kappa shape index (κ3) is 3.90. The maximum atomic E-state index is 11.9. The first-order chi connectivity index (χ1) is 10.2. The van der Waals surface area contributed by atoms with E-state index in [9.17, 15) is 4.79 Å². The smallest absolute Gasteiger partial charge is 0.317 e. The Balaban J connectivity index is 1.64. The maximum absolute atomic E-state index is 11.9. The number of halogens is 1. The number of hydrogen-bond acceptors (Lipinski definition) is 5. The van der Waals surface area contributed by atoms with Gasteiger partial charge in [0, 0.05) is 8.95 Å². The van der Waals surface area contributed by atoms with Crippen molar-refractivity contribution < 1.29 is 9.53 Å². The lowest BCUT2D eigenvalue weighted by Crippen LogP contribution is -2.11. The van der Waals surface area contributed by atoms with E-state index >= 15 is 0 Å². The van der Waals surface area contributed by atoms with Crippen molar-refractivity contribution in [3.63, 3.8) is 0 Å². The predicted octanol–water partition coefficient (Wildman–Crippen LogP) is 4.62. The van der Waals surface area contributed by atoms with Crippen molar-refractivity contribution in [3.05, 3.63) is 56.4 Å². The van der Waals surface area contributed by atoms with Gasteiger partial charge in [-0.25, -0.2) is 4.98 Å². The average Bonchev–Trinajstić information content (AvgIpc) is 3.12. The van der Waals surface area contributed by atoms with Crippen molar-refractivity contribution in [3.8, 4) is 15.6 Å². The summed E-state index contributed by atoms with van der Waals surface area (Å²) in [5.74, 6) is 0.272. The quantitative estimate of drug-likeness (QED) is 0.347. The van der Waals surface area contributed by atoms with Gasteiger partial charge in [-0.2, -0.15) is 0 Å². The van der Waals surface area contributed by atoms with Crippen molar-refractivity contribution >= 4 is 51.2 Å². The van der Waals surface area contributed by atoms with Gasteiger partial charge < -0.3 is 4.74 Å². The van der Waals surface area contributed by atoms with Gasteiger partial charge in [-0.3, -0.25) is 4.79 Å². The lowest BCUT2D eigenvalue weighted by atomic mass is 10.3. The molecular weight excluding hydrogens is 417 g/mol. The van der Waals surface area contributed by atoms with Gasteiger partial charge in [0.05, 0.1) is 17.0 Å². The zero-order valence-corrected chi connectivity index (χ0v) is 14.6. The van der Waals surface area contributed by atoms with E-state index in [0.29, 0.717) is 5.75 Å². The molecule has 0 fully saturated rings. The van der Waals surface area contributed by atoms with Crippen LogP contribution in [0.25, 0.3) is 9.88 Å². The van der Waals surface area contributed by atoms with Crippen molar-refractivity contribution in [2.45, 2.75) is 6.42 Å². The normalized spacial score (nSPS) is 10.5. The molecule has 3 aromatic rings. The number of nitrogens with zero attached hydrogens (tertiary/aromatic N) is 1. The molecule has 0 saturated heterocycles. The monoisotopic (exact) mass is 427 g/mol. The number of aromatic nitrogens is 1. The van der Waals surface area contributed by atoms with E-state index in [2.05, 4.69) is 27.6 Å².